The molecule has 1 atom stereocenters. The number of nitrogens with zero attached hydrogens (tertiary/aromatic N) is 2. The van der Waals surface area contributed by atoms with Crippen molar-refractivity contribution in [2.45, 2.75) is 31.5 Å². The van der Waals surface area contributed by atoms with Crippen molar-refractivity contribution < 1.29 is 4.74 Å². The van der Waals surface area contributed by atoms with E-state index in [0.29, 0.717) is 16.8 Å². The van der Waals surface area contributed by atoms with Crippen molar-refractivity contribution in [3.8, 4) is 5.75 Å². The van der Waals surface area contributed by atoms with Crippen LogP contribution >= 0.6 is 11.8 Å². The Hall–Kier alpha value is -1.95. The third kappa shape index (κ3) is 4.53. The Morgan fingerprint density at radius 2 is 2.14 bits per heavy atom. The minimum absolute atomic E-state index is 0.193. The Morgan fingerprint density at radius 3 is 2.86 bits per heavy atom. The molecule has 0 amide bonds. The Bertz CT molecular complexity index is 606. The summed E-state index contributed by atoms with van der Waals surface area (Å²) in [6.07, 6.45) is 3.08. The number of anilines is 3. The summed E-state index contributed by atoms with van der Waals surface area (Å²) in [5, 5.41) is 3.87. The van der Waals surface area contributed by atoms with Crippen LogP contribution in [0, 0.1) is 0 Å². The molecule has 0 aliphatic heterocycles. The molecule has 0 bridgehead atoms. The first kappa shape index (κ1) is 15.4. The first-order valence-electron chi connectivity index (χ1n) is 6.83. The average Bonchev–Trinajstić information content (AvgIpc) is 2.46. The largest absolute Gasteiger partial charge is 0.491 e. The molecule has 1 heterocycles. The van der Waals surface area contributed by atoms with Gasteiger partial charge in [-0.2, -0.15) is 0 Å². The van der Waals surface area contributed by atoms with Gasteiger partial charge in [0.1, 0.15) is 17.4 Å². The minimum Gasteiger partial charge on any atom is -0.491 e. The van der Waals surface area contributed by atoms with E-state index in [-0.39, 0.29) is 6.10 Å². The first-order valence-corrected chi connectivity index (χ1v) is 8.05. The molecule has 0 aliphatic rings. The standard InChI is InChI=1S/C15H20N4OS/c1-4-10(2)20-12-7-5-6-11(8-12)17-14-9-13(16)18-15(19-14)21-3/h5-10H,4H2,1-3H3,(H3,16,17,18,19). The second-order valence-electron chi connectivity index (χ2n) is 4.65. The molecule has 0 aliphatic carbocycles. The zero-order chi connectivity index (χ0) is 15.2. The molecule has 0 spiro atoms. The summed E-state index contributed by atoms with van der Waals surface area (Å²) in [5.41, 5.74) is 6.68. The highest BCUT2D eigenvalue weighted by Gasteiger charge is 2.05. The van der Waals surface area contributed by atoms with Gasteiger partial charge in [0, 0.05) is 17.8 Å². The first-order chi connectivity index (χ1) is 10.1. The van der Waals surface area contributed by atoms with E-state index in [1.807, 2.05) is 30.5 Å². The maximum absolute atomic E-state index is 5.81. The molecule has 3 N–H and O–H groups in total. The Morgan fingerprint density at radius 1 is 1.33 bits per heavy atom. The van der Waals surface area contributed by atoms with Crippen LogP contribution in [0.3, 0.4) is 0 Å². The van der Waals surface area contributed by atoms with Crippen LogP contribution in [0.1, 0.15) is 20.3 Å². The number of rotatable bonds is 6. The molecule has 1 aromatic carbocycles. The van der Waals surface area contributed by atoms with Gasteiger partial charge in [0.05, 0.1) is 6.10 Å². The van der Waals surface area contributed by atoms with Crippen molar-refractivity contribution in [2.75, 3.05) is 17.3 Å². The van der Waals surface area contributed by atoms with Crippen LogP contribution in [0.15, 0.2) is 35.5 Å². The highest BCUT2D eigenvalue weighted by Crippen LogP contribution is 2.23. The number of benzene rings is 1. The van der Waals surface area contributed by atoms with Gasteiger partial charge in [-0.15, -0.1) is 0 Å². The zero-order valence-corrected chi connectivity index (χ0v) is 13.3. The molecule has 0 fully saturated rings. The van der Waals surface area contributed by atoms with E-state index in [9.17, 15) is 0 Å². The van der Waals surface area contributed by atoms with Crippen LogP contribution in [0.25, 0.3) is 0 Å². The van der Waals surface area contributed by atoms with E-state index in [0.717, 1.165) is 17.9 Å². The number of nitrogens with one attached hydrogen (secondary N) is 1. The van der Waals surface area contributed by atoms with Crippen molar-refractivity contribution >= 4 is 29.1 Å². The molecule has 1 aromatic heterocycles. The van der Waals surface area contributed by atoms with Crippen molar-refractivity contribution in [2.24, 2.45) is 0 Å². The van der Waals surface area contributed by atoms with Crippen LogP contribution in [-0.4, -0.2) is 22.3 Å². The van der Waals surface area contributed by atoms with Gasteiger partial charge in [0.15, 0.2) is 5.16 Å². The minimum atomic E-state index is 0.193. The molecule has 21 heavy (non-hydrogen) atoms. The number of hydrogen-bond acceptors (Lipinski definition) is 6. The molecule has 0 saturated heterocycles. The lowest BCUT2D eigenvalue weighted by Gasteiger charge is -2.14. The summed E-state index contributed by atoms with van der Waals surface area (Å²) in [7, 11) is 0. The van der Waals surface area contributed by atoms with E-state index in [1.54, 1.807) is 6.07 Å². The summed E-state index contributed by atoms with van der Waals surface area (Å²) < 4.78 is 5.81. The van der Waals surface area contributed by atoms with Crippen molar-refractivity contribution in [1.82, 2.24) is 9.97 Å². The fourth-order valence-corrected chi connectivity index (χ4v) is 2.10. The SMILES string of the molecule is CCC(C)Oc1cccc(Nc2cc(N)nc(SC)n2)c1. The molecule has 112 valence electrons. The number of aromatic nitrogens is 2. The van der Waals surface area contributed by atoms with Gasteiger partial charge in [-0.3, -0.25) is 0 Å². The average molecular weight is 304 g/mol. The van der Waals surface area contributed by atoms with Crippen molar-refractivity contribution in [3.63, 3.8) is 0 Å². The summed E-state index contributed by atoms with van der Waals surface area (Å²) in [6, 6.07) is 9.50. The van der Waals surface area contributed by atoms with Gasteiger partial charge in [0.2, 0.25) is 0 Å². The molecule has 6 heteroatoms. The monoisotopic (exact) mass is 304 g/mol. The Balaban J connectivity index is 2.16. The van der Waals surface area contributed by atoms with Crippen molar-refractivity contribution in [1.29, 1.82) is 0 Å². The number of ether oxygens (including phenoxy) is 1. The van der Waals surface area contributed by atoms with Crippen molar-refractivity contribution in [3.05, 3.63) is 30.3 Å². The third-order valence-electron chi connectivity index (χ3n) is 2.93. The molecule has 2 aromatic rings. The summed E-state index contributed by atoms with van der Waals surface area (Å²) in [4.78, 5) is 8.50. The summed E-state index contributed by atoms with van der Waals surface area (Å²) in [5.74, 6) is 1.96. The van der Waals surface area contributed by atoms with E-state index in [2.05, 4.69) is 29.1 Å². The highest BCUT2D eigenvalue weighted by molar-refractivity contribution is 7.98. The Kier molecular flexibility index (Phi) is 5.27. The summed E-state index contributed by atoms with van der Waals surface area (Å²) >= 11 is 1.46. The predicted octanol–water partition coefficient (Wildman–Crippen LogP) is 3.70. The maximum atomic E-state index is 5.81. The van der Waals surface area contributed by atoms with Crippen LogP contribution in [0.2, 0.25) is 0 Å². The topological polar surface area (TPSA) is 73.1 Å². The van der Waals surface area contributed by atoms with Crippen LogP contribution < -0.4 is 15.8 Å². The quantitative estimate of drug-likeness (QED) is 0.626. The highest BCUT2D eigenvalue weighted by atomic mass is 32.2. The van der Waals surface area contributed by atoms with Gasteiger partial charge in [-0.1, -0.05) is 24.8 Å². The third-order valence-corrected chi connectivity index (χ3v) is 3.47. The molecule has 2 rings (SSSR count). The molecule has 0 saturated carbocycles. The Labute approximate surface area is 129 Å². The van der Waals surface area contributed by atoms with E-state index in [1.165, 1.54) is 11.8 Å². The van der Waals surface area contributed by atoms with Gasteiger partial charge >= 0.3 is 0 Å². The predicted molar refractivity (Wildman–Crippen MR) is 88.3 cm³/mol. The lowest BCUT2D eigenvalue weighted by atomic mass is 10.2. The number of thioether (sulfide) groups is 1. The van der Waals surface area contributed by atoms with E-state index in [4.69, 9.17) is 10.5 Å². The summed E-state index contributed by atoms with van der Waals surface area (Å²) in [6.45, 7) is 4.15. The maximum Gasteiger partial charge on any atom is 0.191 e. The number of hydrogen-bond donors (Lipinski definition) is 2. The molecular weight excluding hydrogens is 284 g/mol. The van der Waals surface area contributed by atoms with Gasteiger partial charge in [-0.05, 0) is 31.7 Å². The van der Waals surface area contributed by atoms with Crippen LogP contribution in [-0.2, 0) is 0 Å². The lowest BCUT2D eigenvalue weighted by Crippen LogP contribution is -2.09. The van der Waals surface area contributed by atoms with Crippen LogP contribution in [0.5, 0.6) is 5.75 Å². The second-order valence-corrected chi connectivity index (χ2v) is 5.43. The second kappa shape index (κ2) is 7.17. The zero-order valence-electron chi connectivity index (χ0n) is 12.5. The molecular formula is C15H20N4OS. The lowest BCUT2D eigenvalue weighted by molar-refractivity contribution is 0.217. The normalized spacial score (nSPS) is 12.0. The van der Waals surface area contributed by atoms with Gasteiger partial charge < -0.3 is 15.8 Å². The fraction of sp³-hybridized carbons (Fsp3) is 0.333. The number of nitrogen functional groups attached to an aromatic ring is 1. The molecule has 1 unspecified atom stereocenters. The fourth-order valence-electron chi connectivity index (χ4n) is 1.71. The number of nitrogens with two attached hydrogens (primary N) is 1. The van der Waals surface area contributed by atoms with Gasteiger partial charge in [0.25, 0.3) is 0 Å². The molecule has 5 nitrogen and oxygen atoms in total. The van der Waals surface area contributed by atoms with Crippen LogP contribution in [0.4, 0.5) is 17.3 Å². The van der Waals surface area contributed by atoms with E-state index >= 15 is 0 Å². The van der Waals surface area contributed by atoms with E-state index < -0.39 is 0 Å². The smallest absolute Gasteiger partial charge is 0.191 e. The molecule has 0 radical (unpaired) electrons. The van der Waals surface area contributed by atoms with Gasteiger partial charge in [-0.25, -0.2) is 9.97 Å².